The van der Waals surface area contributed by atoms with Crippen LogP contribution < -0.4 is 19.7 Å². The number of carbonyl (C=O) groups excluding carboxylic acids is 1. The molecule has 0 aliphatic rings. The van der Waals surface area contributed by atoms with Gasteiger partial charge in [-0.2, -0.15) is 0 Å². The molecule has 2 N–H and O–H groups in total. The monoisotopic (exact) mass is 404 g/mol. The second kappa shape index (κ2) is 8.39. The Kier molecular flexibility index (Phi) is 6.49. The zero-order valence-corrected chi connectivity index (χ0v) is 15.3. The van der Waals surface area contributed by atoms with E-state index < -0.39 is 22.5 Å². The van der Waals surface area contributed by atoms with E-state index in [2.05, 4.69) is 0 Å². The number of ether oxygens (including phenoxy) is 2. The van der Waals surface area contributed by atoms with Gasteiger partial charge in [0.2, 0.25) is 0 Å². The van der Waals surface area contributed by atoms with Gasteiger partial charge in [0.25, 0.3) is 15.9 Å². The van der Waals surface area contributed by atoms with Gasteiger partial charge < -0.3 is 9.47 Å². The van der Waals surface area contributed by atoms with Gasteiger partial charge in [-0.15, -0.1) is 4.83 Å². The lowest BCUT2D eigenvalue weighted by atomic mass is 10.3. The number of methoxy groups -OCH3 is 1. The van der Waals surface area contributed by atoms with E-state index in [4.69, 9.17) is 32.7 Å². The van der Waals surface area contributed by atoms with Crippen molar-refractivity contribution in [3.05, 3.63) is 52.5 Å². The Bertz CT molecular complexity index is 857. The smallest absolute Gasteiger partial charge is 0.272 e. The topological polar surface area (TPSA) is 93.7 Å². The quantitative estimate of drug-likeness (QED) is 0.690. The van der Waals surface area contributed by atoms with Crippen LogP contribution in [0.25, 0.3) is 0 Å². The number of carbonyl (C=O) groups is 1. The number of hydrogen-bond acceptors (Lipinski definition) is 5. The van der Waals surface area contributed by atoms with Gasteiger partial charge in [-0.1, -0.05) is 23.2 Å². The third-order valence-electron chi connectivity index (χ3n) is 2.95. The van der Waals surface area contributed by atoms with Crippen LogP contribution in [0.1, 0.15) is 0 Å². The minimum Gasteiger partial charge on any atom is -0.497 e. The molecule has 0 spiro atoms. The highest BCUT2D eigenvalue weighted by Gasteiger charge is 2.15. The lowest BCUT2D eigenvalue weighted by Gasteiger charge is -2.10. The maximum atomic E-state index is 12.1. The number of benzene rings is 2. The normalized spacial score (nSPS) is 11.0. The highest BCUT2D eigenvalue weighted by molar-refractivity contribution is 7.89. The average molecular weight is 405 g/mol. The molecule has 0 aliphatic heterocycles. The molecule has 134 valence electrons. The van der Waals surface area contributed by atoms with Crippen molar-refractivity contribution >= 4 is 39.1 Å². The average Bonchev–Trinajstić information content (AvgIpc) is 2.59. The van der Waals surface area contributed by atoms with Gasteiger partial charge in [0.1, 0.15) is 11.5 Å². The Morgan fingerprint density at radius 2 is 1.80 bits per heavy atom. The summed E-state index contributed by atoms with van der Waals surface area (Å²) in [5, 5.41) is 0.660. The molecule has 0 bridgehead atoms. The first-order valence-corrected chi connectivity index (χ1v) is 9.08. The molecule has 0 radical (unpaired) electrons. The van der Waals surface area contributed by atoms with Crippen molar-refractivity contribution in [2.24, 2.45) is 0 Å². The molecular formula is C15H14Cl2N2O5S. The summed E-state index contributed by atoms with van der Waals surface area (Å²) in [5.74, 6) is 0.0542. The van der Waals surface area contributed by atoms with Crippen molar-refractivity contribution in [1.29, 1.82) is 0 Å². The lowest BCUT2D eigenvalue weighted by molar-refractivity contribution is -0.123. The number of amides is 1. The Morgan fingerprint density at radius 3 is 2.40 bits per heavy atom. The number of hydrogen-bond donors (Lipinski definition) is 2. The van der Waals surface area contributed by atoms with Crippen LogP contribution >= 0.6 is 23.2 Å². The van der Waals surface area contributed by atoms with E-state index in [0.717, 1.165) is 0 Å². The fraction of sp³-hybridized carbons (Fsp3) is 0.133. The summed E-state index contributed by atoms with van der Waals surface area (Å²) >= 11 is 11.7. The summed E-state index contributed by atoms with van der Waals surface area (Å²) < 4.78 is 34.3. The molecule has 0 saturated heterocycles. The van der Waals surface area contributed by atoms with Crippen LogP contribution in [-0.2, 0) is 14.8 Å². The third kappa shape index (κ3) is 5.50. The van der Waals surface area contributed by atoms with Gasteiger partial charge in [-0.3, -0.25) is 10.2 Å². The summed E-state index contributed by atoms with van der Waals surface area (Å²) in [6.07, 6.45) is 0. The molecule has 0 aromatic heterocycles. The number of halogens is 2. The van der Waals surface area contributed by atoms with Crippen molar-refractivity contribution in [1.82, 2.24) is 10.3 Å². The molecule has 0 aliphatic carbocycles. The van der Waals surface area contributed by atoms with Crippen molar-refractivity contribution < 1.29 is 22.7 Å². The van der Waals surface area contributed by atoms with E-state index in [-0.39, 0.29) is 15.7 Å². The molecule has 2 aromatic carbocycles. The second-order valence-electron chi connectivity index (χ2n) is 4.69. The lowest BCUT2D eigenvalue weighted by Crippen LogP contribution is -2.43. The summed E-state index contributed by atoms with van der Waals surface area (Å²) in [6, 6.07) is 10.2. The maximum Gasteiger partial charge on any atom is 0.272 e. The van der Waals surface area contributed by atoms with Crippen LogP contribution in [-0.4, -0.2) is 28.0 Å². The van der Waals surface area contributed by atoms with Crippen LogP contribution in [0.4, 0.5) is 0 Å². The summed E-state index contributed by atoms with van der Waals surface area (Å²) in [6.45, 7) is -0.438. The fourth-order valence-corrected chi connectivity index (χ4v) is 3.03. The van der Waals surface area contributed by atoms with Crippen LogP contribution in [0, 0.1) is 0 Å². The molecular weight excluding hydrogens is 391 g/mol. The Balaban J connectivity index is 1.89. The molecule has 2 aromatic rings. The number of nitrogens with one attached hydrogen (secondary N) is 2. The zero-order valence-electron chi connectivity index (χ0n) is 13.0. The first-order valence-electron chi connectivity index (χ1n) is 6.84. The van der Waals surface area contributed by atoms with Gasteiger partial charge in [0.05, 0.1) is 17.0 Å². The third-order valence-corrected chi connectivity index (χ3v) is 4.74. The molecule has 7 nitrogen and oxygen atoms in total. The second-order valence-corrected chi connectivity index (χ2v) is 7.22. The summed E-state index contributed by atoms with van der Waals surface area (Å²) in [4.78, 5) is 13.7. The van der Waals surface area contributed by atoms with E-state index >= 15 is 0 Å². The Labute approximate surface area is 154 Å². The SMILES string of the molecule is COc1ccc(S(=O)(=O)NNC(=O)COc2ccc(Cl)cc2Cl)cc1. The number of sulfonamides is 1. The number of hydrazine groups is 1. The first-order chi connectivity index (χ1) is 11.8. The van der Waals surface area contributed by atoms with Crippen molar-refractivity contribution in [2.75, 3.05) is 13.7 Å². The molecule has 0 saturated carbocycles. The van der Waals surface area contributed by atoms with Gasteiger partial charge >= 0.3 is 0 Å². The van der Waals surface area contributed by atoms with E-state index in [1.807, 2.05) is 10.3 Å². The van der Waals surface area contributed by atoms with Crippen molar-refractivity contribution in [2.45, 2.75) is 4.90 Å². The van der Waals surface area contributed by atoms with Gasteiger partial charge in [0.15, 0.2) is 6.61 Å². The van der Waals surface area contributed by atoms with E-state index in [9.17, 15) is 13.2 Å². The predicted octanol–water partition coefficient (Wildman–Crippen LogP) is 2.39. The molecule has 10 heteroatoms. The fourth-order valence-electron chi connectivity index (χ4n) is 1.71. The minimum atomic E-state index is -3.91. The minimum absolute atomic E-state index is 0.0322. The highest BCUT2D eigenvalue weighted by Crippen LogP contribution is 2.27. The van der Waals surface area contributed by atoms with Gasteiger partial charge in [-0.25, -0.2) is 8.42 Å². The zero-order chi connectivity index (χ0) is 18.4. The molecule has 0 unspecified atom stereocenters. The summed E-state index contributed by atoms with van der Waals surface area (Å²) in [5.41, 5.74) is 2.05. The predicted molar refractivity (Wildman–Crippen MR) is 93.4 cm³/mol. The molecule has 25 heavy (non-hydrogen) atoms. The van der Waals surface area contributed by atoms with Crippen molar-refractivity contribution in [3.63, 3.8) is 0 Å². The van der Waals surface area contributed by atoms with Gasteiger partial charge in [-0.05, 0) is 42.5 Å². The van der Waals surface area contributed by atoms with E-state index in [0.29, 0.717) is 10.8 Å². The largest absolute Gasteiger partial charge is 0.497 e. The van der Waals surface area contributed by atoms with Crippen LogP contribution in [0.3, 0.4) is 0 Å². The Morgan fingerprint density at radius 1 is 1.12 bits per heavy atom. The maximum absolute atomic E-state index is 12.1. The molecule has 2 rings (SSSR count). The Hall–Kier alpha value is -2.00. The van der Waals surface area contributed by atoms with Crippen LogP contribution in [0.5, 0.6) is 11.5 Å². The summed E-state index contributed by atoms with van der Waals surface area (Å²) in [7, 11) is -2.45. The van der Waals surface area contributed by atoms with Crippen molar-refractivity contribution in [3.8, 4) is 11.5 Å². The number of rotatable bonds is 7. The van der Waals surface area contributed by atoms with E-state index in [1.165, 1.54) is 43.5 Å². The molecule has 0 atom stereocenters. The molecule has 1 amide bonds. The molecule has 0 fully saturated rings. The first kappa shape index (κ1) is 19.3. The van der Waals surface area contributed by atoms with Crippen LogP contribution in [0.15, 0.2) is 47.4 Å². The van der Waals surface area contributed by atoms with Gasteiger partial charge in [0, 0.05) is 5.02 Å². The molecule has 0 heterocycles. The van der Waals surface area contributed by atoms with E-state index in [1.54, 1.807) is 6.07 Å². The standard InChI is InChI=1S/C15H14Cl2N2O5S/c1-23-11-3-5-12(6-4-11)25(21,22)19-18-15(20)9-24-14-7-2-10(16)8-13(14)17/h2-8,19H,9H2,1H3,(H,18,20). The van der Waals surface area contributed by atoms with Crippen LogP contribution in [0.2, 0.25) is 10.0 Å². The highest BCUT2D eigenvalue weighted by atomic mass is 35.5.